The number of rotatable bonds is 4. The molecule has 0 saturated heterocycles. The first-order valence-corrected chi connectivity index (χ1v) is 6.27. The predicted molar refractivity (Wildman–Crippen MR) is 67.9 cm³/mol. The maximum absolute atomic E-state index is 12.4. The van der Waals surface area contributed by atoms with Crippen molar-refractivity contribution in [1.82, 2.24) is 4.90 Å². The Balaban J connectivity index is 3.02. The fourth-order valence-corrected chi connectivity index (χ4v) is 2.01. The first-order chi connectivity index (χ1) is 8.76. The molecule has 106 valence electrons. The Kier molecular flexibility index (Phi) is 5.37. The van der Waals surface area contributed by atoms with Gasteiger partial charge in [0.1, 0.15) is 6.54 Å². The normalized spacial score (nSPS) is 11.5. The summed E-state index contributed by atoms with van der Waals surface area (Å²) in [5.41, 5.74) is 0.902. The van der Waals surface area contributed by atoms with Crippen molar-refractivity contribution in [3.8, 4) is 0 Å². The Labute approximate surface area is 117 Å². The molecule has 0 saturated carbocycles. The van der Waals surface area contributed by atoms with E-state index in [9.17, 15) is 18.0 Å². The minimum atomic E-state index is -4.50. The van der Waals surface area contributed by atoms with Crippen LogP contribution in [0.2, 0.25) is 0 Å². The third-order valence-electron chi connectivity index (χ3n) is 2.45. The Morgan fingerprint density at radius 3 is 2.58 bits per heavy atom. The van der Waals surface area contributed by atoms with E-state index in [1.807, 2.05) is 0 Å². The van der Waals surface area contributed by atoms with Gasteiger partial charge in [0.15, 0.2) is 0 Å². The quantitative estimate of drug-likeness (QED) is 0.916. The molecule has 0 bridgehead atoms. The summed E-state index contributed by atoms with van der Waals surface area (Å²) in [4.78, 5) is 12.7. The van der Waals surface area contributed by atoms with Gasteiger partial charge < -0.3 is 10.0 Å². The van der Waals surface area contributed by atoms with E-state index in [1.54, 1.807) is 19.1 Å². The van der Waals surface area contributed by atoms with Crippen molar-refractivity contribution >= 4 is 21.8 Å². The molecule has 0 aliphatic carbocycles. The molecule has 0 spiro atoms. The van der Waals surface area contributed by atoms with Crippen molar-refractivity contribution in [1.29, 1.82) is 0 Å². The van der Waals surface area contributed by atoms with E-state index in [-0.39, 0.29) is 12.1 Å². The van der Waals surface area contributed by atoms with Gasteiger partial charge in [-0.1, -0.05) is 12.1 Å². The molecule has 1 amide bonds. The summed E-state index contributed by atoms with van der Waals surface area (Å²) < 4.78 is 37.7. The van der Waals surface area contributed by atoms with Crippen molar-refractivity contribution < 1.29 is 23.1 Å². The Morgan fingerprint density at radius 2 is 2.05 bits per heavy atom. The Bertz CT molecular complexity index is 463. The topological polar surface area (TPSA) is 40.5 Å². The fraction of sp³-hybridized carbons (Fsp3) is 0.417. The molecule has 0 aliphatic heterocycles. The molecule has 3 nitrogen and oxygen atoms in total. The number of alkyl halides is 3. The molecule has 7 heteroatoms. The largest absolute Gasteiger partial charge is 0.406 e. The van der Waals surface area contributed by atoms with E-state index in [1.165, 1.54) is 6.07 Å². The zero-order valence-electron chi connectivity index (χ0n) is 10.2. The molecule has 19 heavy (non-hydrogen) atoms. The summed E-state index contributed by atoms with van der Waals surface area (Å²) in [5, 5.41) is 8.78. The van der Waals surface area contributed by atoms with E-state index >= 15 is 0 Å². The Hall–Kier alpha value is -1.08. The standard InChI is InChI=1S/C12H13BrF3NO2/c1-8-3-2-4-9(10(8)13)11(19)17(5-6-18)7-12(14,15)16/h2-4,18H,5-7H2,1H3. The lowest BCUT2D eigenvalue weighted by Gasteiger charge is -2.23. The maximum atomic E-state index is 12.4. The van der Waals surface area contributed by atoms with Crippen LogP contribution in [0.1, 0.15) is 15.9 Å². The third kappa shape index (κ3) is 4.50. The number of halogens is 4. The highest BCUT2D eigenvalue weighted by Gasteiger charge is 2.33. The van der Waals surface area contributed by atoms with Gasteiger partial charge in [-0.2, -0.15) is 13.2 Å². The average molecular weight is 340 g/mol. The molecule has 0 atom stereocenters. The number of hydrogen-bond acceptors (Lipinski definition) is 2. The van der Waals surface area contributed by atoms with Gasteiger partial charge >= 0.3 is 6.18 Å². The van der Waals surface area contributed by atoms with Crippen LogP contribution in [0.15, 0.2) is 22.7 Å². The lowest BCUT2D eigenvalue weighted by atomic mass is 10.1. The number of carbonyl (C=O) groups excluding carboxylic acids is 1. The summed E-state index contributed by atoms with van der Waals surface area (Å²) in [7, 11) is 0. The monoisotopic (exact) mass is 339 g/mol. The van der Waals surface area contributed by atoms with Gasteiger partial charge in [-0.05, 0) is 34.5 Å². The molecule has 1 rings (SSSR count). The van der Waals surface area contributed by atoms with Gasteiger partial charge in [-0.3, -0.25) is 4.79 Å². The van der Waals surface area contributed by atoms with Crippen LogP contribution >= 0.6 is 15.9 Å². The summed E-state index contributed by atoms with van der Waals surface area (Å²) in [6.07, 6.45) is -4.50. The van der Waals surface area contributed by atoms with Crippen molar-refractivity contribution in [2.45, 2.75) is 13.1 Å². The van der Waals surface area contributed by atoms with Crippen LogP contribution in [0, 0.1) is 6.92 Å². The van der Waals surface area contributed by atoms with E-state index in [4.69, 9.17) is 5.11 Å². The summed E-state index contributed by atoms with van der Waals surface area (Å²) in [6, 6.07) is 4.78. The van der Waals surface area contributed by atoms with Crippen molar-refractivity contribution in [2.24, 2.45) is 0 Å². The van der Waals surface area contributed by atoms with E-state index in [0.717, 1.165) is 5.56 Å². The second kappa shape index (κ2) is 6.38. The smallest absolute Gasteiger partial charge is 0.395 e. The molecule has 0 aliphatic rings. The zero-order valence-corrected chi connectivity index (χ0v) is 11.8. The number of amides is 1. The second-order valence-corrected chi connectivity index (χ2v) is 4.79. The number of aliphatic hydroxyl groups excluding tert-OH is 1. The van der Waals surface area contributed by atoms with E-state index < -0.39 is 25.2 Å². The molecular formula is C12H13BrF3NO2. The first kappa shape index (κ1) is 16.0. The summed E-state index contributed by atoms with van der Waals surface area (Å²) in [6.45, 7) is -0.530. The lowest BCUT2D eigenvalue weighted by Crippen LogP contribution is -2.40. The second-order valence-electron chi connectivity index (χ2n) is 4.00. The van der Waals surface area contributed by atoms with Crippen LogP contribution < -0.4 is 0 Å². The molecular weight excluding hydrogens is 327 g/mol. The lowest BCUT2D eigenvalue weighted by molar-refractivity contribution is -0.141. The summed E-state index contributed by atoms with van der Waals surface area (Å²) >= 11 is 3.19. The predicted octanol–water partition coefficient (Wildman–Crippen LogP) is 2.75. The van der Waals surface area contributed by atoms with Crippen LogP contribution in [0.4, 0.5) is 13.2 Å². The highest BCUT2D eigenvalue weighted by atomic mass is 79.9. The highest BCUT2D eigenvalue weighted by Crippen LogP contribution is 2.24. The van der Waals surface area contributed by atoms with Crippen LogP contribution in [-0.4, -0.2) is 41.8 Å². The van der Waals surface area contributed by atoms with Crippen molar-refractivity contribution in [3.63, 3.8) is 0 Å². The van der Waals surface area contributed by atoms with Gasteiger partial charge in [0.05, 0.1) is 12.2 Å². The molecule has 0 aromatic heterocycles. The van der Waals surface area contributed by atoms with Gasteiger partial charge in [-0.25, -0.2) is 0 Å². The number of hydrogen-bond donors (Lipinski definition) is 1. The van der Waals surface area contributed by atoms with Crippen LogP contribution in [-0.2, 0) is 0 Å². The van der Waals surface area contributed by atoms with Gasteiger partial charge in [-0.15, -0.1) is 0 Å². The van der Waals surface area contributed by atoms with Crippen LogP contribution in [0.5, 0.6) is 0 Å². The van der Waals surface area contributed by atoms with Crippen LogP contribution in [0.25, 0.3) is 0 Å². The number of aryl methyl sites for hydroxylation is 1. The molecule has 0 unspecified atom stereocenters. The highest BCUT2D eigenvalue weighted by molar-refractivity contribution is 9.10. The molecule has 0 radical (unpaired) electrons. The van der Waals surface area contributed by atoms with E-state index in [0.29, 0.717) is 9.37 Å². The van der Waals surface area contributed by atoms with Crippen molar-refractivity contribution in [2.75, 3.05) is 19.7 Å². The first-order valence-electron chi connectivity index (χ1n) is 5.48. The van der Waals surface area contributed by atoms with Crippen molar-refractivity contribution in [3.05, 3.63) is 33.8 Å². The van der Waals surface area contributed by atoms with E-state index in [2.05, 4.69) is 15.9 Å². The van der Waals surface area contributed by atoms with Gasteiger partial charge in [0.2, 0.25) is 0 Å². The minimum Gasteiger partial charge on any atom is -0.395 e. The maximum Gasteiger partial charge on any atom is 0.406 e. The minimum absolute atomic E-state index is 0.151. The van der Waals surface area contributed by atoms with Crippen LogP contribution in [0.3, 0.4) is 0 Å². The number of aliphatic hydroxyl groups is 1. The Morgan fingerprint density at radius 1 is 1.42 bits per heavy atom. The SMILES string of the molecule is Cc1cccc(C(=O)N(CCO)CC(F)(F)F)c1Br. The molecule has 0 fully saturated rings. The zero-order chi connectivity index (χ0) is 14.6. The average Bonchev–Trinajstić information content (AvgIpc) is 2.30. The molecule has 0 heterocycles. The summed E-state index contributed by atoms with van der Waals surface area (Å²) in [5.74, 6) is -0.762. The van der Waals surface area contributed by atoms with Gasteiger partial charge in [0, 0.05) is 11.0 Å². The fourth-order valence-electron chi connectivity index (χ4n) is 1.57. The number of nitrogens with zero attached hydrogens (tertiary/aromatic N) is 1. The third-order valence-corrected chi connectivity index (χ3v) is 3.50. The molecule has 1 aromatic carbocycles. The molecule has 1 aromatic rings. The number of benzene rings is 1. The van der Waals surface area contributed by atoms with Gasteiger partial charge in [0.25, 0.3) is 5.91 Å². The number of carbonyl (C=O) groups is 1. The molecule has 1 N–H and O–H groups in total.